The summed E-state index contributed by atoms with van der Waals surface area (Å²) in [5.74, 6) is 1.54. The summed E-state index contributed by atoms with van der Waals surface area (Å²) in [6.07, 6.45) is 6.85. The number of rotatable bonds is 6. The number of thioether (sulfide) groups is 1. The summed E-state index contributed by atoms with van der Waals surface area (Å²) in [5, 5.41) is 1.54. The van der Waals surface area contributed by atoms with Gasteiger partial charge in [-0.25, -0.2) is 0 Å². The molecule has 2 nitrogen and oxygen atoms in total. The second-order valence-electron chi connectivity index (χ2n) is 5.62. The van der Waals surface area contributed by atoms with Crippen LogP contribution in [0, 0.1) is 11.8 Å². The van der Waals surface area contributed by atoms with Crippen LogP contribution in [-0.4, -0.2) is 13.3 Å². The molecule has 0 saturated heterocycles. The molecule has 4 heteroatoms. The largest absolute Gasteiger partial charge is 0.485 e. The summed E-state index contributed by atoms with van der Waals surface area (Å²) >= 11 is 7.46. The number of nitrogens with zero attached hydrogens (tertiary/aromatic N) is 1. The Balaban J connectivity index is 1.86. The summed E-state index contributed by atoms with van der Waals surface area (Å²) in [7, 11) is 0. The average molecular weight is 324 g/mol. The highest BCUT2D eigenvalue weighted by atomic mass is 35.5. The zero-order valence-corrected chi connectivity index (χ0v) is 14.0. The van der Waals surface area contributed by atoms with Crippen molar-refractivity contribution in [2.75, 3.05) is 6.61 Å². The third kappa shape index (κ3) is 5.76. The molecule has 2 rings (SSSR count). The molecule has 0 aliphatic heterocycles. The smallest absolute Gasteiger partial charge is 0.176 e. The fourth-order valence-corrected chi connectivity index (χ4v) is 3.37. The van der Waals surface area contributed by atoms with E-state index in [1.165, 1.54) is 25.7 Å². The molecule has 1 aromatic rings. The fourth-order valence-electron chi connectivity index (χ4n) is 2.48. The Hall–Kier alpha value is -0.930. The highest BCUT2D eigenvalue weighted by Crippen LogP contribution is 2.32. The topological polar surface area (TPSA) is 21.6 Å². The molecule has 0 spiro atoms. The second-order valence-corrected chi connectivity index (χ2v) is 7.14. The molecule has 114 valence electrons. The summed E-state index contributed by atoms with van der Waals surface area (Å²) in [4.78, 5) is 4.93. The first-order chi connectivity index (χ1) is 10.2. The lowest BCUT2D eigenvalue weighted by atomic mass is 9.83. The van der Waals surface area contributed by atoms with Gasteiger partial charge < -0.3 is 4.74 Å². The van der Waals surface area contributed by atoms with Crippen LogP contribution in [0.5, 0.6) is 0 Å². The van der Waals surface area contributed by atoms with Crippen molar-refractivity contribution in [3.05, 3.63) is 40.6 Å². The van der Waals surface area contributed by atoms with Crippen LogP contribution >= 0.6 is 23.4 Å². The molecule has 0 amide bonds. The SMILES string of the molecule is C=N/C=C(\OCC1CCC(C)CC1)Sc1ccc(Cl)cc1. The molecule has 1 saturated carbocycles. The quantitative estimate of drug-likeness (QED) is 0.376. The Morgan fingerprint density at radius 1 is 1.33 bits per heavy atom. The van der Waals surface area contributed by atoms with Gasteiger partial charge in [-0.15, -0.1) is 0 Å². The van der Waals surface area contributed by atoms with Crippen molar-refractivity contribution in [1.29, 1.82) is 0 Å². The zero-order valence-electron chi connectivity index (χ0n) is 12.4. The van der Waals surface area contributed by atoms with E-state index < -0.39 is 0 Å². The number of halogens is 1. The van der Waals surface area contributed by atoms with Crippen LogP contribution in [0.3, 0.4) is 0 Å². The molecule has 1 aliphatic carbocycles. The molecule has 21 heavy (non-hydrogen) atoms. The molecule has 0 N–H and O–H groups in total. The third-order valence-corrected chi connectivity index (χ3v) is 5.01. The summed E-state index contributed by atoms with van der Waals surface area (Å²) < 4.78 is 5.95. The number of hydrogen-bond donors (Lipinski definition) is 0. The summed E-state index contributed by atoms with van der Waals surface area (Å²) in [6.45, 7) is 6.63. The molecule has 0 atom stereocenters. The predicted octanol–water partition coefficient (Wildman–Crippen LogP) is 5.77. The molecule has 1 fully saturated rings. The van der Waals surface area contributed by atoms with Gasteiger partial charge in [-0.05, 0) is 55.7 Å². The number of ether oxygens (including phenoxy) is 1. The Bertz CT molecular complexity index is 478. The van der Waals surface area contributed by atoms with Gasteiger partial charge in [0.25, 0.3) is 0 Å². The van der Waals surface area contributed by atoms with Gasteiger partial charge in [0.05, 0.1) is 12.8 Å². The molecule has 1 aromatic carbocycles. The van der Waals surface area contributed by atoms with Crippen LogP contribution in [0.2, 0.25) is 5.02 Å². The molecule has 0 bridgehead atoms. The lowest BCUT2D eigenvalue weighted by Crippen LogP contribution is -2.16. The maximum Gasteiger partial charge on any atom is 0.176 e. The van der Waals surface area contributed by atoms with Gasteiger partial charge in [-0.2, -0.15) is 0 Å². The first-order valence-electron chi connectivity index (χ1n) is 7.39. The highest BCUT2D eigenvalue weighted by molar-refractivity contribution is 8.02. The second kappa shape index (κ2) is 8.50. The van der Waals surface area contributed by atoms with E-state index >= 15 is 0 Å². The monoisotopic (exact) mass is 323 g/mol. The van der Waals surface area contributed by atoms with Crippen molar-refractivity contribution in [1.82, 2.24) is 0 Å². The van der Waals surface area contributed by atoms with Crippen LogP contribution < -0.4 is 0 Å². The standard InChI is InChI=1S/C17H22ClNOS/c1-13-3-5-14(6-4-13)12-20-17(11-19-2)21-16-9-7-15(18)8-10-16/h7-11,13-14H,2-6,12H2,1H3/b17-11+. The fraction of sp³-hybridized carbons (Fsp3) is 0.471. The van der Waals surface area contributed by atoms with E-state index in [4.69, 9.17) is 16.3 Å². The minimum absolute atomic E-state index is 0.667. The number of aliphatic imine (C=N–C) groups is 1. The van der Waals surface area contributed by atoms with Crippen molar-refractivity contribution in [2.45, 2.75) is 37.5 Å². The van der Waals surface area contributed by atoms with Crippen LogP contribution in [-0.2, 0) is 4.74 Å². The van der Waals surface area contributed by atoms with Gasteiger partial charge in [0.1, 0.15) is 0 Å². The van der Waals surface area contributed by atoms with Crippen LogP contribution in [0.25, 0.3) is 0 Å². The first kappa shape index (κ1) is 16.4. The molecular formula is C17H22ClNOS. The Morgan fingerprint density at radius 3 is 2.62 bits per heavy atom. The normalized spacial score (nSPS) is 22.9. The maximum absolute atomic E-state index is 5.95. The minimum atomic E-state index is 0.667. The molecule has 0 unspecified atom stereocenters. The number of benzene rings is 1. The van der Waals surface area contributed by atoms with Crippen molar-refractivity contribution in [3.63, 3.8) is 0 Å². The van der Waals surface area contributed by atoms with Crippen molar-refractivity contribution < 1.29 is 4.74 Å². The minimum Gasteiger partial charge on any atom is -0.485 e. The van der Waals surface area contributed by atoms with Gasteiger partial charge in [-0.3, -0.25) is 4.99 Å². The van der Waals surface area contributed by atoms with E-state index in [1.54, 1.807) is 18.0 Å². The van der Waals surface area contributed by atoms with E-state index in [0.29, 0.717) is 5.92 Å². The van der Waals surface area contributed by atoms with Gasteiger partial charge in [0, 0.05) is 9.92 Å². The maximum atomic E-state index is 5.95. The van der Waals surface area contributed by atoms with Gasteiger partial charge >= 0.3 is 0 Å². The van der Waals surface area contributed by atoms with Gasteiger partial charge in [0.15, 0.2) is 5.09 Å². The summed E-state index contributed by atoms with van der Waals surface area (Å²) in [6, 6.07) is 7.72. The van der Waals surface area contributed by atoms with Gasteiger partial charge in [-0.1, -0.05) is 43.1 Å². The van der Waals surface area contributed by atoms with Crippen molar-refractivity contribution in [3.8, 4) is 0 Å². The van der Waals surface area contributed by atoms with Crippen LogP contribution in [0.15, 0.2) is 45.4 Å². The van der Waals surface area contributed by atoms with Crippen molar-refractivity contribution in [2.24, 2.45) is 16.8 Å². The average Bonchev–Trinajstić information content (AvgIpc) is 2.49. The van der Waals surface area contributed by atoms with E-state index in [2.05, 4.69) is 18.6 Å². The van der Waals surface area contributed by atoms with E-state index in [1.807, 2.05) is 24.3 Å². The molecular weight excluding hydrogens is 302 g/mol. The zero-order chi connectivity index (χ0) is 15.1. The van der Waals surface area contributed by atoms with Crippen LogP contribution in [0.1, 0.15) is 32.6 Å². The Labute approximate surface area is 136 Å². The number of hydrogen-bond acceptors (Lipinski definition) is 3. The highest BCUT2D eigenvalue weighted by Gasteiger charge is 2.19. The lowest BCUT2D eigenvalue weighted by Gasteiger charge is -2.26. The Kier molecular flexibility index (Phi) is 6.65. The predicted molar refractivity (Wildman–Crippen MR) is 92.0 cm³/mol. The molecule has 0 heterocycles. The van der Waals surface area contributed by atoms with Crippen molar-refractivity contribution >= 4 is 30.1 Å². The summed E-state index contributed by atoms with van der Waals surface area (Å²) in [5.41, 5.74) is 0. The van der Waals surface area contributed by atoms with Gasteiger partial charge in [0.2, 0.25) is 0 Å². The molecule has 0 radical (unpaired) electrons. The van der Waals surface area contributed by atoms with E-state index in [0.717, 1.165) is 27.5 Å². The van der Waals surface area contributed by atoms with E-state index in [-0.39, 0.29) is 0 Å². The Morgan fingerprint density at radius 2 is 2.00 bits per heavy atom. The molecule has 0 aromatic heterocycles. The third-order valence-electron chi connectivity index (χ3n) is 3.83. The molecule has 1 aliphatic rings. The first-order valence-corrected chi connectivity index (χ1v) is 8.59. The van der Waals surface area contributed by atoms with E-state index in [9.17, 15) is 0 Å². The lowest BCUT2D eigenvalue weighted by molar-refractivity contribution is 0.145. The van der Waals surface area contributed by atoms with Crippen LogP contribution in [0.4, 0.5) is 0 Å².